The summed E-state index contributed by atoms with van der Waals surface area (Å²) in [4.78, 5) is 20.9. The summed E-state index contributed by atoms with van der Waals surface area (Å²) in [5, 5.41) is 0. The number of amides is 1. The zero-order chi connectivity index (χ0) is 16.9. The van der Waals surface area contributed by atoms with Crippen LogP contribution in [0.4, 0.5) is 0 Å². The average Bonchev–Trinajstić information content (AvgIpc) is 3.06. The normalized spacial score (nSPS) is 17.5. The first kappa shape index (κ1) is 16.7. The molecule has 1 aromatic heterocycles. The monoisotopic (exact) mass is 323 g/mol. The van der Waals surface area contributed by atoms with Crippen molar-refractivity contribution in [1.82, 2.24) is 14.8 Å². The minimum absolute atomic E-state index is 0.209. The maximum atomic E-state index is 12.7. The predicted octanol–water partition coefficient (Wildman–Crippen LogP) is 3.05. The summed E-state index contributed by atoms with van der Waals surface area (Å²) in [6.45, 7) is 1.80. The van der Waals surface area contributed by atoms with E-state index < -0.39 is 0 Å². The van der Waals surface area contributed by atoms with Gasteiger partial charge in [-0.25, -0.2) is 0 Å². The van der Waals surface area contributed by atoms with Gasteiger partial charge in [0.25, 0.3) is 0 Å². The number of rotatable bonds is 5. The lowest BCUT2D eigenvalue weighted by molar-refractivity contribution is -0.131. The molecule has 4 heteroatoms. The molecule has 2 aromatic rings. The molecule has 0 saturated carbocycles. The topological polar surface area (TPSA) is 36.4 Å². The van der Waals surface area contributed by atoms with Gasteiger partial charge >= 0.3 is 0 Å². The van der Waals surface area contributed by atoms with Crippen LogP contribution in [0.3, 0.4) is 0 Å². The highest BCUT2D eigenvalue weighted by molar-refractivity contribution is 5.79. The molecule has 1 fully saturated rings. The zero-order valence-corrected chi connectivity index (χ0v) is 14.5. The highest BCUT2D eigenvalue weighted by Crippen LogP contribution is 2.32. The fraction of sp³-hybridized carbons (Fsp3) is 0.400. The molecule has 2 heterocycles. The number of nitrogens with zero attached hydrogens (tertiary/aromatic N) is 3. The summed E-state index contributed by atoms with van der Waals surface area (Å²) in [5.74, 6) is 0.209. The molecule has 24 heavy (non-hydrogen) atoms. The van der Waals surface area contributed by atoms with Gasteiger partial charge in [0, 0.05) is 25.5 Å². The maximum absolute atomic E-state index is 12.7. The Balaban J connectivity index is 1.69. The molecule has 0 bridgehead atoms. The van der Waals surface area contributed by atoms with Gasteiger partial charge in [-0.05, 0) is 55.8 Å². The van der Waals surface area contributed by atoms with E-state index in [-0.39, 0.29) is 11.9 Å². The van der Waals surface area contributed by atoms with E-state index in [1.54, 1.807) is 12.4 Å². The van der Waals surface area contributed by atoms with E-state index >= 15 is 0 Å². The fourth-order valence-electron chi connectivity index (χ4n) is 3.40. The highest BCUT2D eigenvalue weighted by atomic mass is 16.2. The molecule has 1 aliphatic rings. The molecule has 0 N–H and O–H groups in total. The smallest absolute Gasteiger partial charge is 0.227 e. The Labute approximate surface area is 144 Å². The second-order valence-corrected chi connectivity index (χ2v) is 6.76. The molecule has 1 unspecified atom stereocenters. The minimum atomic E-state index is 0.209. The molecule has 0 aliphatic carbocycles. The number of hydrogen-bond acceptors (Lipinski definition) is 3. The van der Waals surface area contributed by atoms with Crippen LogP contribution in [0.25, 0.3) is 0 Å². The Morgan fingerprint density at radius 1 is 1.12 bits per heavy atom. The van der Waals surface area contributed by atoms with Gasteiger partial charge in [0.15, 0.2) is 0 Å². The maximum Gasteiger partial charge on any atom is 0.227 e. The Hall–Kier alpha value is -2.20. The van der Waals surface area contributed by atoms with Crippen LogP contribution in [0.2, 0.25) is 0 Å². The Morgan fingerprint density at radius 2 is 1.83 bits per heavy atom. The lowest BCUT2D eigenvalue weighted by Crippen LogP contribution is -2.31. The zero-order valence-electron chi connectivity index (χ0n) is 14.5. The molecule has 1 aliphatic heterocycles. The molecule has 3 rings (SSSR count). The molecule has 126 valence electrons. The minimum Gasteiger partial charge on any atom is -0.335 e. The lowest BCUT2D eigenvalue weighted by Gasteiger charge is -2.25. The average molecular weight is 323 g/mol. The van der Waals surface area contributed by atoms with E-state index in [2.05, 4.69) is 48.2 Å². The van der Waals surface area contributed by atoms with Crippen molar-refractivity contribution >= 4 is 5.91 Å². The molecular formula is C20H25N3O. The van der Waals surface area contributed by atoms with Gasteiger partial charge in [0.1, 0.15) is 0 Å². The van der Waals surface area contributed by atoms with Crippen LogP contribution in [-0.4, -0.2) is 41.3 Å². The molecule has 0 spiro atoms. The van der Waals surface area contributed by atoms with Gasteiger partial charge in [-0.1, -0.05) is 24.3 Å². The Morgan fingerprint density at radius 3 is 2.50 bits per heavy atom. The van der Waals surface area contributed by atoms with Crippen LogP contribution in [-0.2, 0) is 17.8 Å². The highest BCUT2D eigenvalue weighted by Gasteiger charge is 2.29. The van der Waals surface area contributed by atoms with E-state index in [9.17, 15) is 4.79 Å². The van der Waals surface area contributed by atoms with Crippen LogP contribution < -0.4 is 0 Å². The fourth-order valence-corrected chi connectivity index (χ4v) is 3.40. The summed E-state index contributed by atoms with van der Waals surface area (Å²) >= 11 is 0. The number of likely N-dealkylation sites (tertiary alicyclic amines) is 1. The van der Waals surface area contributed by atoms with Crippen LogP contribution in [0.5, 0.6) is 0 Å². The van der Waals surface area contributed by atoms with Crippen LogP contribution >= 0.6 is 0 Å². The van der Waals surface area contributed by atoms with Crippen LogP contribution in [0.1, 0.15) is 35.6 Å². The van der Waals surface area contributed by atoms with Crippen LogP contribution in [0, 0.1) is 0 Å². The van der Waals surface area contributed by atoms with Crippen molar-refractivity contribution in [3.63, 3.8) is 0 Å². The quantitative estimate of drug-likeness (QED) is 0.848. The largest absolute Gasteiger partial charge is 0.335 e. The van der Waals surface area contributed by atoms with Crippen molar-refractivity contribution < 1.29 is 4.79 Å². The van der Waals surface area contributed by atoms with Crippen LogP contribution in [0.15, 0.2) is 48.8 Å². The number of carbonyl (C=O) groups excluding carboxylic acids is 1. The van der Waals surface area contributed by atoms with Crippen molar-refractivity contribution in [3.05, 3.63) is 65.5 Å². The number of hydrogen-bond donors (Lipinski definition) is 0. The predicted molar refractivity (Wildman–Crippen MR) is 95.5 cm³/mol. The number of carbonyl (C=O) groups is 1. The van der Waals surface area contributed by atoms with Gasteiger partial charge in [-0.3, -0.25) is 9.78 Å². The summed E-state index contributed by atoms with van der Waals surface area (Å²) in [6.07, 6.45) is 6.07. The standard InChI is InChI=1S/C20H25N3O/c1-22(2)15-17-5-7-18(8-6-17)19-4-3-13-23(19)20(24)14-16-9-11-21-12-10-16/h5-12,19H,3-4,13-15H2,1-2H3. The lowest BCUT2D eigenvalue weighted by atomic mass is 10.0. The van der Waals surface area contributed by atoms with Crippen molar-refractivity contribution in [2.45, 2.75) is 31.8 Å². The summed E-state index contributed by atoms with van der Waals surface area (Å²) in [5.41, 5.74) is 3.58. The SMILES string of the molecule is CN(C)Cc1ccc(C2CCCN2C(=O)Cc2ccncc2)cc1. The Bertz CT molecular complexity index is 667. The summed E-state index contributed by atoms with van der Waals surface area (Å²) in [6, 6.07) is 12.8. The third kappa shape index (κ3) is 4.01. The number of aromatic nitrogens is 1. The van der Waals surface area contributed by atoms with Gasteiger partial charge in [-0.15, -0.1) is 0 Å². The van der Waals surface area contributed by atoms with Crippen molar-refractivity contribution in [2.75, 3.05) is 20.6 Å². The van der Waals surface area contributed by atoms with Crippen molar-refractivity contribution in [1.29, 1.82) is 0 Å². The second kappa shape index (κ2) is 7.58. The molecular weight excluding hydrogens is 298 g/mol. The van der Waals surface area contributed by atoms with Gasteiger partial charge in [-0.2, -0.15) is 0 Å². The molecule has 1 aromatic carbocycles. The van der Waals surface area contributed by atoms with Gasteiger partial charge in [0.2, 0.25) is 5.91 Å². The third-order valence-corrected chi connectivity index (χ3v) is 4.54. The van der Waals surface area contributed by atoms with E-state index in [1.165, 1.54) is 11.1 Å². The third-order valence-electron chi connectivity index (χ3n) is 4.54. The first-order valence-electron chi connectivity index (χ1n) is 8.55. The van der Waals surface area contributed by atoms with E-state index in [0.717, 1.165) is 31.5 Å². The second-order valence-electron chi connectivity index (χ2n) is 6.76. The molecule has 1 saturated heterocycles. The van der Waals surface area contributed by atoms with Gasteiger partial charge in [0.05, 0.1) is 12.5 Å². The summed E-state index contributed by atoms with van der Waals surface area (Å²) < 4.78 is 0. The van der Waals surface area contributed by atoms with E-state index in [4.69, 9.17) is 0 Å². The molecule has 4 nitrogen and oxygen atoms in total. The van der Waals surface area contributed by atoms with E-state index in [0.29, 0.717) is 6.42 Å². The summed E-state index contributed by atoms with van der Waals surface area (Å²) in [7, 11) is 4.15. The van der Waals surface area contributed by atoms with Crippen molar-refractivity contribution in [2.24, 2.45) is 0 Å². The van der Waals surface area contributed by atoms with E-state index in [1.807, 2.05) is 17.0 Å². The number of pyridine rings is 1. The number of benzene rings is 1. The first-order valence-corrected chi connectivity index (χ1v) is 8.55. The molecule has 0 radical (unpaired) electrons. The Kier molecular flexibility index (Phi) is 5.26. The van der Waals surface area contributed by atoms with Crippen molar-refractivity contribution in [3.8, 4) is 0 Å². The first-order chi connectivity index (χ1) is 11.6. The van der Waals surface area contributed by atoms with Gasteiger partial charge < -0.3 is 9.80 Å². The molecule has 1 atom stereocenters. The molecule has 1 amide bonds.